The van der Waals surface area contributed by atoms with Crippen molar-refractivity contribution in [3.8, 4) is 5.75 Å². The van der Waals surface area contributed by atoms with Crippen molar-refractivity contribution >= 4 is 17.2 Å². The Bertz CT molecular complexity index is 1010. The van der Waals surface area contributed by atoms with Crippen molar-refractivity contribution in [2.45, 2.75) is 6.54 Å². The van der Waals surface area contributed by atoms with Gasteiger partial charge in [0.05, 0.1) is 4.92 Å². The zero-order valence-electron chi connectivity index (χ0n) is 14.1. The lowest BCUT2D eigenvalue weighted by atomic mass is 10.0. The van der Waals surface area contributed by atoms with E-state index in [2.05, 4.69) is 5.32 Å². The molecular weight excluding hydrogens is 351 g/mol. The van der Waals surface area contributed by atoms with Crippen molar-refractivity contribution in [2.75, 3.05) is 5.32 Å². The fourth-order valence-corrected chi connectivity index (χ4v) is 2.59. The highest BCUT2D eigenvalue weighted by molar-refractivity contribution is 6.09. The fraction of sp³-hybridized carbons (Fsp3) is 0.0500. The Kier molecular flexibility index (Phi) is 5.12. The van der Waals surface area contributed by atoms with E-state index in [1.165, 1.54) is 30.3 Å². The second-order valence-corrected chi connectivity index (χ2v) is 5.82. The van der Waals surface area contributed by atoms with Crippen molar-refractivity contribution in [3.63, 3.8) is 0 Å². The minimum absolute atomic E-state index is 0.115. The predicted molar refractivity (Wildman–Crippen MR) is 98.4 cm³/mol. The van der Waals surface area contributed by atoms with E-state index in [1.54, 1.807) is 30.3 Å². The Morgan fingerprint density at radius 3 is 2.44 bits per heavy atom. The average molecular weight is 366 g/mol. The average Bonchev–Trinajstić information content (AvgIpc) is 2.69. The van der Waals surface area contributed by atoms with Crippen LogP contribution in [0, 0.1) is 15.9 Å². The van der Waals surface area contributed by atoms with Gasteiger partial charge in [0.2, 0.25) is 0 Å². The number of carbonyl (C=O) groups is 1. The van der Waals surface area contributed by atoms with E-state index in [0.717, 1.165) is 6.07 Å². The summed E-state index contributed by atoms with van der Waals surface area (Å²) in [4.78, 5) is 23.3. The number of hydrogen-bond donors (Lipinski definition) is 2. The van der Waals surface area contributed by atoms with Crippen molar-refractivity contribution in [2.24, 2.45) is 0 Å². The minimum atomic E-state index is -0.771. The molecule has 0 aliphatic carbocycles. The number of aromatic hydroxyl groups is 1. The van der Waals surface area contributed by atoms with Gasteiger partial charge in [-0.3, -0.25) is 14.9 Å². The largest absolute Gasteiger partial charge is 0.505 e. The third kappa shape index (κ3) is 4.09. The van der Waals surface area contributed by atoms with Gasteiger partial charge in [-0.15, -0.1) is 0 Å². The molecule has 0 aliphatic rings. The molecule has 0 fully saturated rings. The van der Waals surface area contributed by atoms with Crippen LogP contribution in [0.2, 0.25) is 0 Å². The lowest BCUT2D eigenvalue weighted by Crippen LogP contribution is -2.06. The Labute approximate surface area is 154 Å². The number of carbonyl (C=O) groups excluding carboxylic acids is 1. The molecule has 0 atom stereocenters. The molecule has 3 aromatic carbocycles. The smallest absolute Gasteiger partial charge is 0.293 e. The van der Waals surface area contributed by atoms with Crippen LogP contribution in [0.5, 0.6) is 5.75 Å². The molecule has 0 saturated heterocycles. The summed E-state index contributed by atoms with van der Waals surface area (Å²) in [5, 5.41) is 23.5. The number of nitro benzene ring substituents is 1. The standard InChI is InChI=1S/C20H15FN2O4/c21-16-10-13(6-9-19(16)24)12-22-17-8-7-15(11-18(17)23(26)27)20(25)14-4-2-1-3-5-14/h1-11,22,24H,12H2. The molecule has 0 saturated carbocycles. The number of phenolic OH excluding ortho intramolecular Hbond substituents is 1. The lowest BCUT2D eigenvalue weighted by molar-refractivity contribution is -0.384. The van der Waals surface area contributed by atoms with E-state index < -0.39 is 16.5 Å². The van der Waals surface area contributed by atoms with Gasteiger partial charge in [0.25, 0.3) is 5.69 Å². The number of hydrogen-bond acceptors (Lipinski definition) is 5. The molecule has 0 bridgehead atoms. The molecule has 0 spiro atoms. The maximum absolute atomic E-state index is 13.4. The zero-order chi connectivity index (χ0) is 19.4. The Morgan fingerprint density at radius 2 is 1.78 bits per heavy atom. The number of phenols is 1. The maximum Gasteiger partial charge on any atom is 0.293 e. The predicted octanol–water partition coefficient (Wildman–Crippen LogP) is 4.28. The van der Waals surface area contributed by atoms with Gasteiger partial charge in [-0.25, -0.2) is 4.39 Å². The van der Waals surface area contributed by atoms with E-state index >= 15 is 0 Å². The number of nitrogens with one attached hydrogen (secondary N) is 1. The topological polar surface area (TPSA) is 92.5 Å². The molecule has 136 valence electrons. The zero-order valence-corrected chi connectivity index (χ0v) is 14.1. The van der Waals surface area contributed by atoms with Crippen molar-refractivity contribution in [1.29, 1.82) is 0 Å². The van der Waals surface area contributed by atoms with Crippen LogP contribution >= 0.6 is 0 Å². The SMILES string of the molecule is O=C(c1ccccc1)c1ccc(NCc2ccc(O)c(F)c2)c([N+](=O)[O-])c1. The molecule has 27 heavy (non-hydrogen) atoms. The molecule has 0 aromatic heterocycles. The second kappa shape index (κ2) is 7.65. The van der Waals surface area contributed by atoms with Gasteiger partial charge in [0, 0.05) is 23.7 Å². The van der Waals surface area contributed by atoms with Gasteiger partial charge in [-0.05, 0) is 29.8 Å². The summed E-state index contributed by atoms with van der Waals surface area (Å²) in [6, 6.07) is 16.5. The molecule has 6 nitrogen and oxygen atoms in total. The van der Waals surface area contributed by atoms with Crippen molar-refractivity contribution in [3.05, 3.63) is 99.4 Å². The Hall–Kier alpha value is -3.74. The van der Waals surface area contributed by atoms with Crippen LogP contribution in [0.3, 0.4) is 0 Å². The highest BCUT2D eigenvalue weighted by Crippen LogP contribution is 2.27. The summed E-state index contributed by atoms with van der Waals surface area (Å²) in [5.41, 5.74) is 1.10. The second-order valence-electron chi connectivity index (χ2n) is 5.82. The number of halogens is 1. The summed E-state index contributed by atoms with van der Waals surface area (Å²) >= 11 is 0. The van der Waals surface area contributed by atoms with Gasteiger partial charge in [-0.2, -0.15) is 0 Å². The molecule has 0 amide bonds. The number of rotatable bonds is 6. The van der Waals surface area contributed by atoms with Crippen molar-refractivity contribution < 1.29 is 19.2 Å². The van der Waals surface area contributed by atoms with Gasteiger partial charge >= 0.3 is 0 Å². The number of nitro groups is 1. The number of nitrogens with zero attached hydrogens (tertiary/aromatic N) is 1. The van der Waals surface area contributed by atoms with Crippen molar-refractivity contribution in [1.82, 2.24) is 0 Å². The van der Waals surface area contributed by atoms with Crippen LogP contribution in [0.15, 0.2) is 66.7 Å². The van der Waals surface area contributed by atoms with E-state index in [0.29, 0.717) is 11.1 Å². The van der Waals surface area contributed by atoms with Crippen LogP contribution in [0.4, 0.5) is 15.8 Å². The third-order valence-corrected chi connectivity index (χ3v) is 3.99. The van der Waals surface area contributed by atoms with Crippen LogP contribution in [0.25, 0.3) is 0 Å². The molecule has 2 N–H and O–H groups in total. The van der Waals surface area contributed by atoms with E-state index in [1.807, 2.05) is 0 Å². The van der Waals surface area contributed by atoms with Gasteiger partial charge in [0.1, 0.15) is 5.69 Å². The van der Waals surface area contributed by atoms with Crippen LogP contribution in [-0.2, 0) is 6.54 Å². The summed E-state index contributed by atoms with van der Waals surface area (Å²) in [6.07, 6.45) is 0. The fourth-order valence-electron chi connectivity index (χ4n) is 2.59. The molecule has 0 heterocycles. The molecule has 0 unspecified atom stereocenters. The third-order valence-electron chi connectivity index (χ3n) is 3.99. The van der Waals surface area contributed by atoms with Gasteiger partial charge in [0.15, 0.2) is 17.3 Å². The quantitative estimate of drug-likeness (QED) is 0.386. The lowest BCUT2D eigenvalue weighted by Gasteiger charge is -2.09. The maximum atomic E-state index is 13.4. The first-order chi connectivity index (χ1) is 13.0. The molecule has 3 rings (SSSR count). The van der Waals surface area contributed by atoms with Gasteiger partial charge < -0.3 is 10.4 Å². The molecule has 0 aliphatic heterocycles. The minimum Gasteiger partial charge on any atom is -0.505 e. The number of benzene rings is 3. The van der Waals surface area contributed by atoms with Crippen LogP contribution in [-0.4, -0.2) is 15.8 Å². The van der Waals surface area contributed by atoms with Crippen LogP contribution < -0.4 is 5.32 Å². The monoisotopic (exact) mass is 366 g/mol. The molecular formula is C20H15FN2O4. The number of anilines is 1. The van der Waals surface area contributed by atoms with E-state index in [-0.39, 0.29) is 29.3 Å². The summed E-state index contributed by atoms with van der Waals surface area (Å²) < 4.78 is 13.4. The van der Waals surface area contributed by atoms with E-state index in [9.17, 15) is 24.4 Å². The summed E-state index contributed by atoms with van der Waals surface area (Å²) in [6.45, 7) is 0.115. The Morgan fingerprint density at radius 1 is 1.04 bits per heavy atom. The normalized spacial score (nSPS) is 10.4. The molecule has 3 aromatic rings. The first-order valence-electron chi connectivity index (χ1n) is 8.05. The highest BCUT2D eigenvalue weighted by Gasteiger charge is 2.18. The van der Waals surface area contributed by atoms with Gasteiger partial charge in [-0.1, -0.05) is 36.4 Å². The summed E-state index contributed by atoms with van der Waals surface area (Å²) in [5.74, 6) is -1.55. The number of ketones is 1. The Balaban J connectivity index is 1.84. The summed E-state index contributed by atoms with van der Waals surface area (Å²) in [7, 11) is 0. The molecule has 0 radical (unpaired) electrons. The first kappa shape index (κ1) is 18.1. The first-order valence-corrected chi connectivity index (χ1v) is 8.05. The van der Waals surface area contributed by atoms with Crippen LogP contribution in [0.1, 0.15) is 21.5 Å². The molecule has 7 heteroatoms. The van der Waals surface area contributed by atoms with E-state index in [4.69, 9.17) is 0 Å². The highest BCUT2D eigenvalue weighted by atomic mass is 19.1.